The van der Waals surface area contributed by atoms with Crippen LogP contribution >= 0.6 is 15.9 Å². The van der Waals surface area contributed by atoms with Gasteiger partial charge in [0.15, 0.2) is 6.10 Å². The fraction of sp³-hybridized carbons (Fsp3) is 0.688. The van der Waals surface area contributed by atoms with Crippen molar-refractivity contribution in [2.24, 2.45) is 5.92 Å². The Morgan fingerprint density at radius 1 is 1.32 bits per heavy atom. The van der Waals surface area contributed by atoms with Crippen molar-refractivity contribution < 1.29 is 9.53 Å². The van der Waals surface area contributed by atoms with E-state index in [0.717, 1.165) is 36.6 Å². The first-order valence-corrected chi connectivity index (χ1v) is 8.00. The maximum atomic E-state index is 11.7. The summed E-state index contributed by atoms with van der Waals surface area (Å²) in [7, 11) is 0. The molecule has 0 rings (SSSR count). The first-order valence-electron chi connectivity index (χ1n) is 6.88. The van der Waals surface area contributed by atoms with Crippen LogP contribution in [-0.2, 0) is 9.53 Å². The molecule has 2 nitrogen and oxygen atoms in total. The molecule has 0 aliphatic carbocycles. The van der Waals surface area contributed by atoms with Gasteiger partial charge >= 0.3 is 5.97 Å². The number of carbonyl (C=O) groups excluding carboxylic acids is 1. The van der Waals surface area contributed by atoms with Gasteiger partial charge in [0.1, 0.15) is 0 Å². The molecule has 0 N–H and O–H groups in total. The maximum absolute atomic E-state index is 11.7. The molecule has 1 unspecified atom stereocenters. The van der Waals surface area contributed by atoms with E-state index in [1.807, 2.05) is 6.92 Å². The summed E-state index contributed by atoms with van der Waals surface area (Å²) in [6.45, 7) is 9.78. The van der Waals surface area contributed by atoms with Gasteiger partial charge in [-0.25, -0.2) is 0 Å². The van der Waals surface area contributed by atoms with Gasteiger partial charge in [-0.3, -0.25) is 4.79 Å². The van der Waals surface area contributed by atoms with Crippen molar-refractivity contribution in [3.8, 4) is 11.8 Å². The highest BCUT2D eigenvalue weighted by Crippen LogP contribution is 2.10. The van der Waals surface area contributed by atoms with Gasteiger partial charge in [0, 0.05) is 11.8 Å². The van der Waals surface area contributed by atoms with Crippen molar-refractivity contribution >= 4 is 21.9 Å². The van der Waals surface area contributed by atoms with E-state index < -0.39 is 0 Å². The van der Waals surface area contributed by atoms with E-state index in [1.165, 1.54) is 0 Å². The van der Waals surface area contributed by atoms with Crippen molar-refractivity contribution in [2.75, 3.05) is 5.33 Å². The quantitative estimate of drug-likeness (QED) is 0.284. The first kappa shape index (κ1) is 18.2. The van der Waals surface area contributed by atoms with Crippen molar-refractivity contribution in [1.29, 1.82) is 0 Å². The number of hydrogen-bond donors (Lipinski definition) is 0. The Kier molecular flexibility index (Phi) is 10.7. The lowest BCUT2D eigenvalue weighted by Crippen LogP contribution is -2.18. The second kappa shape index (κ2) is 11.1. The number of halogens is 1. The average Bonchev–Trinajstić information content (AvgIpc) is 2.31. The molecule has 0 spiro atoms. The summed E-state index contributed by atoms with van der Waals surface area (Å²) in [4.78, 5) is 11.7. The van der Waals surface area contributed by atoms with Crippen LogP contribution < -0.4 is 0 Å². The highest BCUT2D eigenvalue weighted by Gasteiger charge is 2.13. The maximum Gasteiger partial charge on any atom is 0.307 e. The van der Waals surface area contributed by atoms with E-state index in [0.29, 0.717) is 12.3 Å². The highest BCUT2D eigenvalue weighted by molar-refractivity contribution is 9.09. The molecule has 0 saturated heterocycles. The summed E-state index contributed by atoms with van der Waals surface area (Å²) in [6.07, 6.45) is 3.97. The van der Waals surface area contributed by atoms with Gasteiger partial charge in [0.25, 0.3) is 0 Å². The second-order valence-electron chi connectivity index (χ2n) is 5.16. The number of alkyl halides is 1. The van der Waals surface area contributed by atoms with Crippen LogP contribution in [0.25, 0.3) is 0 Å². The van der Waals surface area contributed by atoms with Crippen LogP contribution in [0.5, 0.6) is 0 Å². The van der Waals surface area contributed by atoms with Gasteiger partial charge in [-0.15, -0.1) is 0 Å². The molecular formula is C16H25BrO2. The Morgan fingerprint density at radius 2 is 2.00 bits per heavy atom. The van der Waals surface area contributed by atoms with Crippen LogP contribution in [0.15, 0.2) is 12.2 Å². The molecule has 0 aromatic carbocycles. The molecule has 0 aliphatic heterocycles. The normalized spacial score (nSPS) is 11.6. The molecule has 0 heterocycles. The Labute approximate surface area is 126 Å². The summed E-state index contributed by atoms with van der Waals surface area (Å²) in [6, 6.07) is 0. The van der Waals surface area contributed by atoms with Crippen molar-refractivity contribution in [1.82, 2.24) is 0 Å². The molecule has 0 aromatic heterocycles. The minimum Gasteiger partial charge on any atom is -0.449 e. The highest BCUT2D eigenvalue weighted by atomic mass is 79.9. The molecule has 3 heteroatoms. The zero-order chi connectivity index (χ0) is 14.7. The summed E-state index contributed by atoms with van der Waals surface area (Å²) in [5.74, 6) is 6.20. The summed E-state index contributed by atoms with van der Waals surface area (Å²) >= 11 is 3.38. The Morgan fingerprint density at radius 3 is 2.53 bits per heavy atom. The Balaban J connectivity index is 4.20. The average molecular weight is 329 g/mol. The molecule has 0 bridgehead atoms. The van der Waals surface area contributed by atoms with Gasteiger partial charge in [-0.1, -0.05) is 54.6 Å². The van der Waals surface area contributed by atoms with Crippen molar-refractivity contribution in [3.05, 3.63) is 12.2 Å². The molecule has 0 saturated carbocycles. The predicted octanol–water partition coefficient (Wildman–Crippen LogP) is 4.48. The van der Waals surface area contributed by atoms with Gasteiger partial charge in [-0.2, -0.15) is 0 Å². The lowest BCUT2D eigenvalue weighted by molar-refractivity contribution is -0.147. The van der Waals surface area contributed by atoms with E-state index in [9.17, 15) is 4.79 Å². The number of rotatable bonds is 8. The van der Waals surface area contributed by atoms with Crippen LogP contribution in [0.3, 0.4) is 0 Å². The van der Waals surface area contributed by atoms with Gasteiger partial charge in [0.05, 0.1) is 0 Å². The molecule has 0 radical (unpaired) electrons. The number of unbranched alkanes of at least 4 members (excludes halogenated alkanes) is 2. The lowest BCUT2D eigenvalue weighted by atomic mass is 10.1. The smallest absolute Gasteiger partial charge is 0.307 e. The Bertz CT molecular complexity index is 336. The van der Waals surface area contributed by atoms with Gasteiger partial charge in [-0.05, 0) is 37.7 Å². The number of ether oxygens (including phenoxy) is 1. The largest absolute Gasteiger partial charge is 0.449 e. The molecule has 0 amide bonds. The fourth-order valence-electron chi connectivity index (χ4n) is 1.53. The fourth-order valence-corrected chi connectivity index (χ4v) is 1.92. The van der Waals surface area contributed by atoms with Crippen LogP contribution in [-0.4, -0.2) is 17.4 Å². The molecule has 19 heavy (non-hydrogen) atoms. The lowest BCUT2D eigenvalue weighted by Gasteiger charge is -2.14. The molecule has 0 fully saturated rings. The van der Waals surface area contributed by atoms with Crippen LogP contribution in [0.4, 0.5) is 0 Å². The minimum absolute atomic E-state index is 0.142. The SMILES string of the molecule is C=C(C)C#CC(CC(C)C)OC(=O)CCCCCBr. The molecule has 1 atom stereocenters. The number of carbonyl (C=O) groups is 1. The van der Waals surface area contributed by atoms with E-state index >= 15 is 0 Å². The Hall–Kier alpha value is -0.750. The van der Waals surface area contributed by atoms with E-state index in [4.69, 9.17) is 4.74 Å². The molecular weight excluding hydrogens is 304 g/mol. The van der Waals surface area contributed by atoms with Crippen molar-refractivity contribution in [2.45, 2.75) is 59.0 Å². The summed E-state index contributed by atoms with van der Waals surface area (Å²) < 4.78 is 5.43. The van der Waals surface area contributed by atoms with Gasteiger partial charge in [0.2, 0.25) is 0 Å². The zero-order valence-electron chi connectivity index (χ0n) is 12.3. The molecule has 0 aliphatic rings. The topological polar surface area (TPSA) is 26.3 Å². The standard InChI is InChI=1S/C16H25BrO2/c1-13(2)9-10-15(12-14(3)4)19-16(18)8-6-5-7-11-17/h14-15H,1,5-8,11-12H2,2-4H3. The molecule has 0 aromatic rings. The van der Waals surface area contributed by atoms with Gasteiger partial charge < -0.3 is 4.74 Å². The summed E-state index contributed by atoms with van der Waals surface area (Å²) in [5, 5.41) is 0.988. The third kappa shape index (κ3) is 12.0. The van der Waals surface area contributed by atoms with Crippen LogP contribution in [0, 0.1) is 17.8 Å². The zero-order valence-corrected chi connectivity index (χ0v) is 13.9. The third-order valence-corrected chi connectivity index (χ3v) is 2.98. The van der Waals surface area contributed by atoms with Crippen LogP contribution in [0.1, 0.15) is 52.9 Å². The van der Waals surface area contributed by atoms with E-state index in [1.54, 1.807) is 0 Å². The second-order valence-corrected chi connectivity index (χ2v) is 5.95. The van der Waals surface area contributed by atoms with E-state index in [-0.39, 0.29) is 12.1 Å². The van der Waals surface area contributed by atoms with Crippen molar-refractivity contribution in [3.63, 3.8) is 0 Å². The predicted molar refractivity (Wildman–Crippen MR) is 84.2 cm³/mol. The molecule has 108 valence electrons. The number of hydrogen-bond acceptors (Lipinski definition) is 2. The van der Waals surface area contributed by atoms with Crippen LogP contribution in [0.2, 0.25) is 0 Å². The first-order chi connectivity index (χ1) is 8.95. The number of esters is 1. The third-order valence-electron chi connectivity index (χ3n) is 2.42. The monoisotopic (exact) mass is 328 g/mol. The summed E-state index contributed by atoms with van der Waals surface area (Å²) in [5.41, 5.74) is 0.794. The number of allylic oxidation sites excluding steroid dienone is 1. The van der Waals surface area contributed by atoms with E-state index in [2.05, 4.69) is 48.2 Å². The minimum atomic E-state index is -0.305.